The van der Waals surface area contributed by atoms with E-state index in [4.69, 9.17) is 5.73 Å². The summed E-state index contributed by atoms with van der Waals surface area (Å²) in [6, 6.07) is 0. The van der Waals surface area contributed by atoms with Crippen LogP contribution in [-0.2, 0) is 0 Å². The first-order valence-electron chi connectivity index (χ1n) is 3.86. The van der Waals surface area contributed by atoms with Crippen LogP contribution in [0.4, 0.5) is 0 Å². The molecule has 2 N–H and O–H groups in total. The standard InChI is InChI=1S/C7H16N2S/c1-2-7(5-8)3-4-9(10)6-7/h10H,2-6,8H2,1H3. The third-order valence-electron chi connectivity index (χ3n) is 2.60. The normalized spacial score (nSPS) is 35.1. The minimum absolute atomic E-state index is 0.377. The number of thiol groups is 1. The van der Waals surface area contributed by atoms with Crippen molar-refractivity contribution in [3.05, 3.63) is 0 Å². The summed E-state index contributed by atoms with van der Waals surface area (Å²) in [4.78, 5) is 0. The van der Waals surface area contributed by atoms with Gasteiger partial charge in [-0.15, -0.1) is 0 Å². The molecule has 1 rings (SSSR count). The third-order valence-corrected chi connectivity index (χ3v) is 2.94. The van der Waals surface area contributed by atoms with Gasteiger partial charge in [0, 0.05) is 13.1 Å². The van der Waals surface area contributed by atoms with Crippen LogP contribution in [0.2, 0.25) is 0 Å². The van der Waals surface area contributed by atoms with E-state index in [1.165, 1.54) is 12.8 Å². The van der Waals surface area contributed by atoms with Crippen molar-refractivity contribution in [2.75, 3.05) is 19.6 Å². The van der Waals surface area contributed by atoms with Gasteiger partial charge in [0.1, 0.15) is 0 Å². The molecule has 2 nitrogen and oxygen atoms in total. The number of rotatable bonds is 2. The lowest BCUT2D eigenvalue weighted by Crippen LogP contribution is -2.31. The predicted molar refractivity (Wildman–Crippen MR) is 47.0 cm³/mol. The van der Waals surface area contributed by atoms with E-state index in [1.54, 1.807) is 0 Å². The van der Waals surface area contributed by atoms with Crippen LogP contribution in [0.3, 0.4) is 0 Å². The quantitative estimate of drug-likeness (QED) is 0.588. The molecule has 1 fully saturated rings. The highest BCUT2D eigenvalue weighted by atomic mass is 32.1. The summed E-state index contributed by atoms with van der Waals surface area (Å²) in [5.41, 5.74) is 6.06. The van der Waals surface area contributed by atoms with Crippen molar-refractivity contribution >= 4 is 12.8 Å². The summed E-state index contributed by atoms with van der Waals surface area (Å²) in [5.74, 6) is 0. The number of nitrogens with zero attached hydrogens (tertiary/aromatic N) is 1. The van der Waals surface area contributed by atoms with Crippen LogP contribution in [0.15, 0.2) is 0 Å². The van der Waals surface area contributed by atoms with E-state index in [0.717, 1.165) is 19.6 Å². The Hall–Kier alpha value is 0.270. The van der Waals surface area contributed by atoms with Gasteiger partial charge in [-0.3, -0.25) is 4.31 Å². The first-order valence-corrected chi connectivity index (χ1v) is 4.26. The Morgan fingerprint density at radius 2 is 2.40 bits per heavy atom. The molecule has 1 atom stereocenters. The maximum atomic E-state index is 5.68. The molecule has 1 unspecified atom stereocenters. The number of hydrogen-bond donors (Lipinski definition) is 2. The van der Waals surface area contributed by atoms with Crippen molar-refractivity contribution in [2.24, 2.45) is 11.1 Å². The molecule has 0 aromatic heterocycles. The van der Waals surface area contributed by atoms with Crippen molar-refractivity contribution in [3.8, 4) is 0 Å². The van der Waals surface area contributed by atoms with Gasteiger partial charge >= 0.3 is 0 Å². The van der Waals surface area contributed by atoms with Gasteiger partial charge in [0.05, 0.1) is 0 Å². The van der Waals surface area contributed by atoms with Gasteiger partial charge in [-0.1, -0.05) is 19.7 Å². The molecule has 0 spiro atoms. The molecule has 0 amide bonds. The third kappa shape index (κ3) is 1.47. The minimum atomic E-state index is 0.377. The van der Waals surface area contributed by atoms with Gasteiger partial charge in [0.15, 0.2) is 0 Å². The van der Waals surface area contributed by atoms with E-state index >= 15 is 0 Å². The zero-order valence-electron chi connectivity index (χ0n) is 6.51. The molecule has 3 heteroatoms. The summed E-state index contributed by atoms with van der Waals surface area (Å²) >= 11 is 4.29. The molecule has 0 saturated carbocycles. The second-order valence-corrected chi connectivity index (χ2v) is 3.76. The van der Waals surface area contributed by atoms with Gasteiger partial charge in [-0.25, -0.2) is 0 Å². The van der Waals surface area contributed by atoms with Crippen molar-refractivity contribution in [1.29, 1.82) is 0 Å². The maximum Gasteiger partial charge on any atom is 0.0156 e. The first-order chi connectivity index (χ1) is 4.72. The van der Waals surface area contributed by atoms with Crippen LogP contribution in [0.25, 0.3) is 0 Å². The molecule has 0 aromatic rings. The van der Waals surface area contributed by atoms with Gasteiger partial charge in [0.25, 0.3) is 0 Å². The fraction of sp³-hybridized carbons (Fsp3) is 1.00. The second-order valence-electron chi connectivity index (χ2n) is 3.20. The molecule has 0 aromatic carbocycles. The molecule has 1 aliphatic heterocycles. The van der Waals surface area contributed by atoms with Crippen molar-refractivity contribution in [2.45, 2.75) is 19.8 Å². The zero-order valence-corrected chi connectivity index (χ0v) is 7.40. The van der Waals surface area contributed by atoms with Crippen LogP contribution >= 0.6 is 12.8 Å². The summed E-state index contributed by atoms with van der Waals surface area (Å²) in [5, 5.41) is 0. The summed E-state index contributed by atoms with van der Waals surface area (Å²) < 4.78 is 2.07. The molecule has 60 valence electrons. The van der Waals surface area contributed by atoms with Crippen molar-refractivity contribution in [3.63, 3.8) is 0 Å². The lowest BCUT2D eigenvalue weighted by molar-refractivity contribution is 0.308. The summed E-state index contributed by atoms with van der Waals surface area (Å²) in [6.07, 6.45) is 2.39. The van der Waals surface area contributed by atoms with Gasteiger partial charge in [-0.05, 0) is 24.8 Å². The molecule has 0 aliphatic carbocycles. The molecular formula is C7H16N2S. The van der Waals surface area contributed by atoms with Crippen molar-refractivity contribution < 1.29 is 0 Å². The molecule has 1 aliphatic rings. The maximum absolute atomic E-state index is 5.68. The smallest absolute Gasteiger partial charge is 0.0156 e. The Morgan fingerprint density at radius 3 is 2.60 bits per heavy atom. The van der Waals surface area contributed by atoms with E-state index in [0.29, 0.717) is 5.41 Å². The molecule has 1 saturated heterocycles. The topological polar surface area (TPSA) is 29.3 Å². The fourth-order valence-electron chi connectivity index (χ4n) is 1.51. The van der Waals surface area contributed by atoms with E-state index in [-0.39, 0.29) is 0 Å². The highest BCUT2D eigenvalue weighted by Gasteiger charge is 2.33. The Bertz CT molecular complexity index is 112. The number of nitrogens with two attached hydrogens (primary N) is 1. The largest absolute Gasteiger partial charge is 0.330 e. The van der Waals surface area contributed by atoms with Crippen LogP contribution in [0, 0.1) is 5.41 Å². The average Bonchev–Trinajstić information content (AvgIpc) is 2.33. The van der Waals surface area contributed by atoms with Gasteiger partial charge in [0.2, 0.25) is 0 Å². The predicted octanol–water partition coefficient (Wildman–Crippen LogP) is 0.892. The van der Waals surface area contributed by atoms with E-state index in [1.807, 2.05) is 0 Å². The Balaban J connectivity index is 2.51. The zero-order chi connectivity index (χ0) is 7.61. The van der Waals surface area contributed by atoms with Crippen LogP contribution < -0.4 is 5.73 Å². The van der Waals surface area contributed by atoms with Crippen LogP contribution in [0.1, 0.15) is 19.8 Å². The Morgan fingerprint density at radius 1 is 1.70 bits per heavy atom. The molecule has 0 radical (unpaired) electrons. The molecule has 10 heavy (non-hydrogen) atoms. The first kappa shape index (κ1) is 8.37. The summed E-state index contributed by atoms with van der Waals surface area (Å²) in [7, 11) is 0. The lowest BCUT2D eigenvalue weighted by Gasteiger charge is -2.24. The van der Waals surface area contributed by atoms with E-state index in [2.05, 4.69) is 24.0 Å². The Labute approximate surface area is 68.3 Å². The second kappa shape index (κ2) is 3.11. The number of hydrogen-bond acceptors (Lipinski definition) is 3. The van der Waals surface area contributed by atoms with Crippen LogP contribution in [0.5, 0.6) is 0 Å². The fourth-order valence-corrected chi connectivity index (χ4v) is 1.91. The molecule has 1 heterocycles. The monoisotopic (exact) mass is 160 g/mol. The van der Waals surface area contributed by atoms with Crippen LogP contribution in [-0.4, -0.2) is 23.9 Å². The highest BCUT2D eigenvalue weighted by Crippen LogP contribution is 2.33. The average molecular weight is 160 g/mol. The van der Waals surface area contributed by atoms with Crippen molar-refractivity contribution in [1.82, 2.24) is 4.31 Å². The lowest BCUT2D eigenvalue weighted by atomic mass is 9.85. The molecular weight excluding hydrogens is 144 g/mol. The van der Waals surface area contributed by atoms with E-state index < -0.39 is 0 Å². The van der Waals surface area contributed by atoms with Gasteiger partial charge < -0.3 is 5.73 Å². The van der Waals surface area contributed by atoms with E-state index in [9.17, 15) is 0 Å². The highest BCUT2D eigenvalue weighted by molar-refractivity contribution is 7.77. The minimum Gasteiger partial charge on any atom is -0.330 e. The summed E-state index contributed by atoms with van der Waals surface area (Å²) in [6.45, 7) is 5.16. The molecule has 0 bridgehead atoms. The SMILES string of the molecule is CCC1(CN)CCN(S)C1. The van der Waals surface area contributed by atoms with Gasteiger partial charge in [-0.2, -0.15) is 0 Å². The Kier molecular flexibility index (Phi) is 2.61.